The van der Waals surface area contributed by atoms with Crippen LogP contribution in [0.2, 0.25) is 0 Å². The summed E-state index contributed by atoms with van der Waals surface area (Å²) in [6, 6.07) is 10.3. The summed E-state index contributed by atoms with van der Waals surface area (Å²) in [5.74, 6) is 0. The van der Waals surface area contributed by atoms with E-state index in [0.717, 1.165) is 17.8 Å². The molecule has 0 N–H and O–H groups in total. The molecule has 0 aliphatic rings. The molecule has 3 heteroatoms. The molecule has 0 aromatic carbocycles. The fraction of sp³-hybridized carbons (Fsp3) is 0.0833. The van der Waals surface area contributed by atoms with E-state index in [2.05, 4.69) is 33.1 Å². The van der Waals surface area contributed by atoms with Crippen molar-refractivity contribution in [2.45, 2.75) is 6.42 Å². The molecule has 0 atom stereocenters. The Labute approximate surface area is 91.8 Å². The highest BCUT2D eigenvalue weighted by Gasteiger charge is 2.02. The first kappa shape index (κ1) is 8.68. The van der Waals surface area contributed by atoms with Crippen LogP contribution < -0.4 is 0 Å². The van der Waals surface area contributed by atoms with Crippen molar-refractivity contribution in [3.63, 3.8) is 0 Å². The van der Waals surface area contributed by atoms with Crippen molar-refractivity contribution >= 4 is 17.0 Å². The van der Waals surface area contributed by atoms with E-state index in [0.29, 0.717) is 0 Å². The third kappa shape index (κ3) is 1.66. The lowest BCUT2D eigenvalue weighted by atomic mass is 10.3. The number of fused-ring (bicyclic) bond motifs is 1. The van der Waals surface area contributed by atoms with Gasteiger partial charge in [-0.25, -0.2) is 4.98 Å². The van der Waals surface area contributed by atoms with E-state index in [9.17, 15) is 0 Å². The normalized spacial score (nSPS) is 10.9. The van der Waals surface area contributed by atoms with Crippen LogP contribution in [0.5, 0.6) is 0 Å². The van der Waals surface area contributed by atoms with Crippen molar-refractivity contribution in [3.05, 3.63) is 58.7 Å². The molecule has 74 valence electrons. The first-order valence-corrected chi connectivity index (χ1v) is 5.75. The number of hydrogen-bond donors (Lipinski definition) is 0. The highest BCUT2D eigenvalue weighted by atomic mass is 32.1. The van der Waals surface area contributed by atoms with Crippen molar-refractivity contribution in [2.75, 3.05) is 0 Å². The molecule has 0 amide bonds. The van der Waals surface area contributed by atoms with Crippen molar-refractivity contribution in [3.8, 4) is 0 Å². The van der Waals surface area contributed by atoms with Gasteiger partial charge in [0, 0.05) is 23.7 Å². The molecule has 0 saturated heterocycles. The van der Waals surface area contributed by atoms with Gasteiger partial charge in [-0.3, -0.25) is 0 Å². The van der Waals surface area contributed by atoms with E-state index in [1.54, 1.807) is 11.3 Å². The highest BCUT2D eigenvalue weighted by Crippen LogP contribution is 2.14. The van der Waals surface area contributed by atoms with E-state index in [1.165, 1.54) is 4.88 Å². The maximum atomic E-state index is 4.56. The van der Waals surface area contributed by atoms with Gasteiger partial charge in [-0.2, -0.15) is 0 Å². The Balaban J connectivity index is 1.98. The molecular weight excluding hydrogens is 204 g/mol. The molecule has 0 radical (unpaired) electrons. The molecule has 3 aromatic heterocycles. The summed E-state index contributed by atoms with van der Waals surface area (Å²) in [5, 5.41) is 2.10. The number of thiophene rings is 1. The second kappa shape index (κ2) is 3.51. The zero-order valence-corrected chi connectivity index (χ0v) is 8.95. The Bertz CT molecular complexity index is 533. The average Bonchev–Trinajstić information content (AvgIpc) is 2.86. The Morgan fingerprint density at radius 1 is 1.20 bits per heavy atom. The molecule has 0 fully saturated rings. The summed E-state index contributed by atoms with van der Waals surface area (Å²) in [6.07, 6.45) is 5.05. The Morgan fingerprint density at radius 3 is 3.00 bits per heavy atom. The highest BCUT2D eigenvalue weighted by molar-refractivity contribution is 7.09. The number of hydrogen-bond acceptors (Lipinski definition) is 2. The van der Waals surface area contributed by atoms with Crippen molar-refractivity contribution in [1.29, 1.82) is 0 Å². The van der Waals surface area contributed by atoms with E-state index < -0.39 is 0 Å². The molecule has 3 aromatic rings. The number of aromatic nitrogens is 2. The summed E-state index contributed by atoms with van der Waals surface area (Å²) in [6.45, 7) is 0. The first-order valence-electron chi connectivity index (χ1n) is 4.87. The molecule has 0 bridgehead atoms. The number of rotatable bonds is 2. The lowest BCUT2D eigenvalue weighted by Gasteiger charge is -1.89. The van der Waals surface area contributed by atoms with Gasteiger partial charge in [0.1, 0.15) is 5.65 Å². The van der Waals surface area contributed by atoms with Crippen LogP contribution >= 0.6 is 11.3 Å². The van der Waals surface area contributed by atoms with Gasteiger partial charge in [0.15, 0.2) is 0 Å². The largest absolute Gasteiger partial charge is 0.307 e. The number of pyridine rings is 1. The predicted octanol–water partition coefficient (Wildman–Crippen LogP) is 2.99. The van der Waals surface area contributed by atoms with Crippen molar-refractivity contribution in [2.24, 2.45) is 0 Å². The summed E-state index contributed by atoms with van der Waals surface area (Å²) < 4.78 is 2.06. The lowest BCUT2D eigenvalue weighted by Crippen LogP contribution is -1.82. The molecule has 0 spiro atoms. The monoisotopic (exact) mass is 214 g/mol. The van der Waals surface area contributed by atoms with Crippen LogP contribution in [0.1, 0.15) is 10.6 Å². The Kier molecular flexibility index (Phi) is 2.03. The molecular formula is C12H10N2S. The first-order chi connectivity index (χ1) is 7.42. The van der Waals surface area contributed by atoms with E-state index >= 15 is 0 Å². The molecule has 3 heterocycles. The number of imidazole rings is 1. The van der Waals surface area contributed by atoms with Gasteiger partial charge >= 0.3 is 0 Å². The van der Waals surface area contributed by atoms with E-state index in [4.69, 9.17) is 0 Å². The second-order valence-electron chi connectivity index (χ2n) is 3.45. The minimum absolute atomic E-state index is 0.930. The predicted molar refractivity (Wildman–Crippen MR) is 62.3 cm³/mol. The van der Waals surface area contributed by atoms with Gasteiger partial charge in [-0.1, -0.05) is 12.1 Å². The quantitative estimate of drug-likeness (QED) is 0.641. The second-order valence-corrected chi connectivity index (χ2v) is 4.49. The fourth-order valence-electron chi connectivity index (χ4n) is 1.66. The van der Waals surface area contributed by atoms with Crippen molar-refractivity contribution < 1.29 is 0 Å². The third-order valence-corrected chi connectivity index (χ3v) is 3.23. The third-order valence-electron chi connectivity index (χ3n) is 2.35. The Hall–Kier alpha value is -1.61. The van der Waals surface area contributed by atoms with Gasteiger partial charge in [0.2, 0.25) is 0 Å². The Morgan fingerprint density at radius 2 is 2.20 bits per heavy atom. The van der Waals surface area contributed by atoms with Gasteiger partial charge in [-0.05, 0) is 23.6 Å². The van der Waals surface area contributed by atoms with Gasteiger partial charge < -0.3 is 4.40 Å². The molecule has 3 rings (SSSR count). The zero-order chi connectivity index (χ0) is 10.1. The average molecular weight is 214 g/mol. The maximum Gasteiger partial charge on any atom is 0.136 e. The molecule has 0 unspecified atom stereocenters. The van der Waals surface area contributed by atoms with E-state index in [-0.39, 0.29) is 0 Å². The minimum Gasteiger partial charge on any atom is -0.307 e. The standard InChI is InChI=1S/C12H10N2S/c1-2-6-14-9-10(13-12(14)5-1)8-11-4-3-7-15-11/h1-7,9H,8H2. The van der Waals surface area contributed by atoms with Crippen LogP contribution in [0.25, 0.3) is 5.65 Å². The zero-order valence-electron chi connectivity index (χ0n) is 8.13. The van der Waals surface area contributed by atoms with E-state index in [1.807, 2.05) is 24.4 Å². The van der Waals surface area contributed by atoms with Crippen LogP contribution in [0, 0.1) is 0 Å². The van der Waals surface area contributed by atoms with Crippen LogP contribution in [0.3, 0.4) is 0 Å². The molecule has 0 aliphatic heterocycles. The molecule has 2 nitrogen and oxygen atoms in total. The van der Waals surface area contributed by atoms with Crippen LogP contribution in [-0.4, -0.2) is 9.38 Å². The van der Waals surface area contributed by atoms with Crippen LogP contribution in [0.4, 0.5) is 0 Å². The van der Waals surface area contributed by atoms with Crippen LogP contribution in [-0.2, 0) is 6.42 Å². The maximum absolute atomic E-state index is 4.56. The van der Waals surface area contributed by atoms with Gasteiger partial charge in [-0.15, -0.1) is 11.3 Å². The smallest absolute Gasteiger partial charge is 0.136 e. The molecule has 15 heavy (non-hydrogen) atoms. The lowest BCUT2D eigenvalue weighted by molar-refractivity contribution is 1.14. The van der Waals surface area contributed by atoms with Gasteiger partial charge in [0.05, 0.1) is 5.69 Å². The van der Waals surface area contributed by atoms with Crippen LogP contribution in [0.15, 0.2) is 48.1 Å². The topological polar surface area (TPSA) is 17.3 Å². The SMILES string of the molecule is c1csc(Cc2cn3ccccc3n2)c1. The molecule has 0 aliphatic carbocycles. The minimum atomic E-state index is 0.930. The number of nitrogens with zero attached hydrogens (tertiary/aromatic N) is 2. The summed E-state index contributed by atoms with van der Waals surface area (Å²) >= 11 is 1.78. The molecule has 0 saturated carbocycles. The summed E-state index contributed by atoms with van der Waals surface area (Å²) in [4.78, 5) is 5.92. The van der Waals surface area contributed by atoms with Crippen molar-refractivity contribution in [1.82, 2.24) is 9.38 Å². The van der Waals surface area contributed by atoms with Gasteiger partial charge in [0.25, 0.3) is 0 Å². The summed E-state index contributed by atoms with van der Waals surface area (Å²) in [5.41, 5.74) is 2.15. The fourth-order valence-corrected chi connectivity index (χ4v) is 2.38. The summed E-state index contributed by atoms with van der Waals surface area (Å²) in [7, 11) is 0.